The van der Waals surface area contributed by atoms with Crippen molar-refractivity contribution in [3.05, 3.63) is 18.2 Å². The highest BCUT2D eigenvalue weighted by Crippen LogP contribution is 2.30. The summed E-state index contributed by atoms with van der Waals surface area (Å²) in [7, 11) is 0. The number of carbonyl (C=O) groups excluding carboxylic acids is 2. The minimum Gasteiger partial charge on any atom is -0.394 e. The summed E-state index contributed by atoms with van der Waals surface area (Å²) in [6, 6.07) is 4.74. The van der Waals surface area contributed by atoms with Crippen molar-refractivity contribution in [3.63, 3.8) is 0 Å². The number of anilines is 3. The Labute approximate surface area is 138 Å². The quantitative estimate of drug-likeness (QED) is 0.423. The lowest BCUT2D eigenvalue weighted by Gasteiger charge is -2.21. The van der Waals surface area contributed by atoms with E-state index in [1.165, 1.54) is 13.8 Å². The molecule has 9 heteroatoms. The summed E-state index contributed by atoms with van der Waals surface area (Å²) in [5.41, 5.74) is 1.27. The first-order chi connectivity index (χ1) is 11.3. The third-order valence-corrected chi connectivity index (χ3v) is 3.49. The van der Waals surface area contributed by atoms with Gasteiger partial charge in [-0.2, -0.15) is 0 Å². The van der Waals surface area contributed by atoms with Crippen molar-refractivity contribution in [2.75, 3.05) is 22.6 Å². The molecule has 0 saturated carbocycles. The monoisotopic (exact) mass is 339 g/mol. The Balaban J connectivity index is 2.25. The van der Waals surface area contributed by atoms with E-state index in [1.54, 1.807) is 18.2 Å². The van der Waals surface area contributed by atoms with E-state index < -0.39 is 31.1 Å². The fourth-order valence-corrected chi connectivity index (χ4v) is 2.42. The molecule has 0 bridgehead atoms. The van der Waals surface area contributed by atoms with Crippen LogP contribution < -0.4 is 16.0 Å². The van der Waals surface area contributed by atoms with Crippen LogP contribution in [0.3, 0.4) is 0 Å². The molecule has 0 radical (unpaired) electrons. The molecule has 6 N–H and O–H groups in total. The van der Waals surface area contributed by atoms with E-state index in [2.05, 4.69) is 16.0 Å². The van der Waals surface area contributed by atoms with Crippen LogP contribution in [0.2, 0.25) is 0 Å². The molecular formula is C15H21N3O6. The number of aliphatic hydroxyl groups excluding tert-OH is 3. The van der Waals surface area contributed by atoms with Crippen LogP contribution in [0.15, 0.2) is 18.2 Å². The summed E-state index contributed by atoms with van der Waals surface area (Å²) in [5, 5.41) is 37.0. The van der Waals surface area contributed by atoms with Crippen LogP contribution in [0.25, 0.3) is 0 Å². The molecular weight excluding hydrogens is 318 g/mol. The van der Waals surface area contributed by atoms with Crippen LogP contribution in [0.5, 0.6) is 0 Å². The third-order valence-electron chi connectivity index (χ3n) is 3.49. The fraction of sp³-hybridized carbons (Fsp3) is 0.467. The molecule has 1 heterocycles. The Morgan fingerprint density at radius 2 is 1.75 bits per heavy atom. The zero-order valence-electron chi connectivity index (χ0n) is 13.3. The van der Waals surface area contributed by atoms with E-state index >= 15 is 0 Å². The van der Waals surface area contributed by atoms with Crippen molar-refractivity contribution in [2.45, 2.75) is 38.4 Å². The van der Waals surface area contributed by atoms with Crippen molar-refractivity contribution < 1.29 is 29.6 Å². The molecule has 132 valence electrons. The molecule has 1 fully saturated rings. The van der Waals surface area contributed by atoms with Crippen molar-refractivity contribution in [1.29, 1.82) is 0 Å². The van der Waals surface area contributed by atoms with Gasteiger partial charge in [0.25, 0.3) is 0 Å². The number of benzene rings is 1. The molecule has 1 aromatic carbocycles. The lowest BCUT2D eigenvalue weighted by molar-refractivity contribution is -0.115. The average Bonchev–Trinajstić information content (AvgIpc) is 2.76. The Morgan fingerprint density at radius 1 is 1.08 bits per heavy atom. The van der Waals surface area contributed by atoms with Gasteiger partial charge in [-0.15, -0.1) is 0 Å². The predicted molar refractivity (Wildman–Crippen MR) is 86.4 cm³/mol. The summed E-state index contributed by atoms with van der Waals surface area (Å²) in [6.45, 7) is 2.26. The molecule has 1 aliphatic rings. The molecule has 1 saturated heterocycles. The van der Waals surface area contributed by atoms with Crippen molar-refractivity contribution in [2.24, 2.45) is 0 Å². The number of hydrogen-bond acceptors (Lipinski definition) is 7. The summed E-state index contributed by atoms with van der Waals surface area (Å²) in [6.07, 6.45) is -4.41. The van der Waals surface area contributed by atoms with Gasteiger partial charge in [-0.25, -0.2) is 0 Å². The first-order valence-corrected chi connectivity index (χ1v) is 7.40. The predicted octanol–water partition coefficient (Wildman–Crippen LogP) is -0.546. The van der Waals surface area contributed by atoms with E-state index in [-0.39, 0.29) is 11.8 Å². The van der Waals surface area contributed by atoms with Gasteiger partial charge in [0.2, 0.25) is 11.8 Å². The summed E-state index contributed by atoms with van der Waals surface area (Å²) in [4.78, 5) is 22.5. The average molecular weight is 339 g/mol. The minimum atomic E-state index is -1.27. The molecule has 1 aliphatic heterocycles. The van der Waals surface area contributed by atoms with Gasteiger partial charge < -0.3 is 36.0 Å². The van der Waals surface area contributed by atoms with Gasteiger partial charge in [-0.1, -0.05) is 0 Å². The topological polar surface area (TPSA) is 140 Å². The highest BCUT2D eigenvalue weighted by Gasteiger charge is 2.42. The van der Waals surface area contributed by atoms with Crippen LogP contribution in [0, 0.1) is 0 Å². The standard InChI is InChI=1S/C15H21N3O6/c1-7(20)16-9-3-4-10(17-8(2)21)11(5-9)18-15-14(23)13(22)12(6-19)24-15/h3-5,12-15,18-19,22-23H,6H2,1-2H3,(H,16,20)(H,17,21)/t12-,13+,14+,15+/m0/s1. The second-order valence-electron chi connectivity index (χ2n) is 5.53. The van der Waals surface area contributed by atoms with Gasteiger partial charge >= 0.3 is 0 Å². The van der Waals surface area contributed by atoms with Gasteiger partial charge in [0, 0.05) is 19.5 Å². The zero-order chi connectivity index (χ0) is 17.9. The smallest absolute Gasteiger partial charge is 0.221 e. The van der Waals surface area contributed by atoms with E-state index in [0.717, 1.165) is 0 Å². The molecule has 1 aromatic rings. The fourth-order valence-electron chi connectivity index (χ4n) is 2.42. The largest absolute Gasteiger partial charge is 0.394 e. The molecule has 2 amide bonds. The molecule has 0 aromatic heterocycles. The van der Waals surface area contributed by atoms with Crippen LogP contribution >= 0.6 is 0 Å². The zero-order valence-corrected chi connectivity index (χ0v) is 13.3. The van der Waals surface area contributed by atoms with Gasteiger partial charge in [-0.05, 0) is 18.2 Å². The number of rotatable bonds is 5. The highest BCUT2D eigenvalue weighted by molar-refractivity contribution is 5.95. The van der Waals surface area contributed by atoms with E-state index in [0.29, 0.717) is 17.1 Å². The number of carbonyl (C=O) groups is 2. The number of nitrogens with one attached hydrogen (secondary N) is 3. The van der Waals surface area contributed by atoms with Gasteiger partial charge in [-0.3, -0.25) is 9.59 Å². The normalized spacial score (nSPS) is 26.0. The first-order valence-electron chi connectivity index (χ1n) is 7.40. The molecule has 2 rings (SSSR count). The number of ether oxygens (including phenoxy) is 1. The van der Waals surface area contributed by atoms with Crippen LogP contribution in [-0.2, 0) is 14.3 Å². The van der Waals surface area contributed by atoms with Gasteiger partial charge in [0.15, 0.2) is 6.23 Å². The van der Waals surface area contributed by atoms with Crippen LogP contribution in [0.1, 0.15) is 13.8 Å². The number of hydrogen-bond donors (Lipinski definition) is 6. The first kappa shape index (κ1) is 18.1. The van der Waals surface area contributed by atoms with E-state index in [1.807, 2.05) is 0 Å². The van der Waals surface area contributed by atoms with Crippen LogP contribution in [-0.4, -0.2) is 58.3 Å². The maximum atomic E-state index is 11.3. The van der Waals surface area contributed by atoms with E-state index in [4.69, 9.17) is 9.84 Å². The Bertz CT molecular complexity index is 623. The maximum Gasteiger partial charge on any atom is 0.221 e. The number of amides is 2. The van der Waals surface area contributed by atoms with E-state index in [9.17, 15) is 19.8 Å². The summed E-state index contributed by atoms with van der Waals surface area (Å²) >= 11 is 0. The molecule has 24 heavy (non-hydrogen) atoms. The highest BCUT2D eigenvalue weighted by atomic mass is 16.6. The number of aliphatic hydroxyl groups is 3. The van der Waals surface area contributed by atoms with Crippen molar-refractivity contribution in [3.8, 4) is 0 Å². The van der Waals surface area contributed by atoms with Crippen molar-refractivity contribution >= 4 is 28.9 Å². The minimum absolute atomic E-state index is 0.263. The molecule has 0 aliphatic carbocycles. The van der Waals surface area contributed by atoms with Gasteiger partial charge in [0.05, 0.1) is 18.0 Å². The molecule has 0 unspecified atom stereocenters. The lowest BCUT2D eigenvalue weighted by Crippen LogP contribution is -2.36. The Hall–Kier alpha value is -2.20. The molecule has 4 atom stereocenters. The third kappa shape index (κ3) is 4.20. The lowest BCUT2D eigenvalue weighted by atomic mass is 10.1. The van der Waals surface area contributed by atoms with Crippen LogP contribution in [0.4, 0.5) is 17.1 Å². The molecule has 9 nitrogen and oxygen atoms in total. The van der Waals surface area contributed by atoms with Gasteiger partial charge in [0.1, 0.15) is 18.3 Å². The second-order valence-corrected chi connectivity index (χ2v) is 5.53. The van der Waals surface area contributed by atoms with Crippen molar-refractivity contribution in [1.82, 2.24) is 0 Å². The Kier molecular flexibility index (Phi) is 5.73. The SMILES string of the molecule is CC(=O)Nc1ccc(NC(C)=O)c(N[C@@H]2O[C@@H](CO)[C@@H](O)[C@H]2O)c1. The maximum absolute atomic E-state index is 11.3. The Morgan fingerprint density at radius 3 is 2.29 bits per heavy atom. The summed E-state index contributed by atoms with van der Waals surface area (Å²) in [5.74, 6) is -0.562. The summed E-state index contributed by atoms with van der Waals surface area (Å²) < 4.78 is 5.36. The second kappa shape index (κ2) is 7.58. The molecule has 0 spiro atoms.